The van der Waals surface area contributed by atoms with Crippen LogP contribution in [0.15, 0.2) is 24.3 Å². The molecule has 0 aromatic heterocycles. The standard InChI is InChI=1S/C21H27F2.Y/c1-15-2-4-16(5-3-15)6-7-17-8-10-18(11-9-17)19-12-20(22)14-21(23)13-19;/h6-7,12-13,15-18H,2-5,8-11H2,1H3;/q-1;/b7-6+;. The summed E-state index contributed by atoms with van der Waals surface area (Å²) in [5.74, 6) is 1.47. The van der Waals surface area contributed by atoms with Crippen molar-refractivity contribution in [2.75, 3.05) is 0 Å². The predicted molar refractivity (Wildman–Crippen MR) is 90.2 cm³/mol. The fourth-order valence-electron chi connectivity index (χ4n) is 4.19. The first kappa shape index (κ1) is 20.2. The third-order valence-corrected chi connectivity index (χ3v) is 5.78. The van der Waals surface area contributed by atoms with Gasteiger partial charge in [0.2, 0.25) is 0 Å². The van der Waals surface area contributed by atoms with Gasteiger partial charge >= 0.3 is 0 Å². The van der Waals surface area contributed by atoms with Crippen LogP contribution in [0.2, 0.25) is 0 Å². The van der Waals surface area contributed by atoms with Gasteiger partial charge < -0.3 is 0 Å². The van der Waals surface area contributed by atoms with Gasteiger partial charge in [0.15, 0.2) is 0 Å². The second kappa shape index (κ2) is 9.57. The summed E-state index contributed by atoms with van der Waals surface area (Å²) in [6, 6.07) is 4.98. The molecule has 0 heterocycles. The van der Waals surface area contributed by atoms with E-state index in [1.807, 2.05) is 0 Å². The quantitative estimate of drug-likeness (QED) is 0.402. The Kier molecular flexibility index (Phi) is 8.07. The Hall–Kier alpha value is -0.0761. The summed E-state index contributed by atoms with van der Waals surface area (Å²) in [7, 11) is 0. The van der Waals surface area contributed by atoms with Crippen molar-refractivity contribution in [1.29, 1.82) is 0 Å². The van der Waals surface area contributed by atoms with E-state index in [1.165, 1.54) is 37.8 Å². The maximum Gasteiger partial charge on any atom is 0.0139 e. The zero-order chi connectivity index (χ0) is 16.2. The first-order valence-corrected chi connectivity index (χ1v) is 9.16. The average Bonchev–Trinajstić information content (AvgIpc) is 2.54. The van der Waals surface area contributed by atoms with E-state index in [0.29, 0.717) is 11.8 Å². The van der Waals surface area contributed by atoms with E-state index in [9.17, 15) is 8.78 Å². The summed E-state index contributed by atoms with van der Waals surface area (Å²) < 4.78 is 26.6. The van der Waals surface area contributed by atoms with E-state index >= 15 is 0 Å². The molecule has 24 heavy (non-hydrogen) atoms. The van der Waals surface area contributed by atoms with E-state index < -0.39 is 11.6 Å². The molecule has 2 aliphatic carbocycles. The Bertz CT molecular complexity index is 519. The van der Waals surface area contributed by atoms with Crippen LogP contribution >= 0.6 is 0 Å². The van der Waals surface area contributed by atoms with Crippen LogP contribution in [0.4, 0.5) is 8.78 Å². The Balaban J connectivity index is 0.00000208. The molecule has 0 atom stereocenters. The van der Waals surface area contributed by atoms with Gasteiger partial charge in [-0.2, -0.15) is 0 Å². The minimum Gasteiger partial charge on any atom is -0.236 e. The van der Waals surface area contributed by atoms with E-state index in [0.717, 1.165) is 43.1 Å². The van der Waals surface area contributed by atoms with Gasteiger partial charge in [0, 0.05) is 44.3 Å². The molecule has 2 aliphatic rings. The third kappa shape index (κ3) is 5.73. The molecule has 1 aromatic rings. The van der Waals surface area contributed by atoms with Gasteiger partial charge in [0.25, 0.3) is 0 Å². The Morgan fingerprint density at radius 1 is 0.833 bits per heavy atom. The van der Waals surface area contributed by atoms with Crippen LogP contribution in [-0.2, 0) is 32.7 Å². The average molecular weight is 406 g/mol. The maximum absolute atomic E-state index is 13.3. The molecule has 0 amide bonds. The summed E-state index contributed by atoms with van der Waals surface area (Å²) in [4.78, 5) is 0. The van der Waals surface area contributed by atoms with Crippen molar-refractivity contribution in [3.05, 3.63) is 47.5 Å². The smallest absolute Gasteiger partial charge is 0.0139 e. The van der Waals surface area contributed by atoms with Crippen molar-refractivity contribution in [1.82, 2.24) is 0 Å². The topological polar surface area (TPSA) is 0 Å². The fourth-order valence-corrected chi connectivity index (χ4v) is 4.19. The molecule has 0 bridgehead atoms. The molecule has 0 nitrogen and oxygen atoms in total. The molecule has 0 spiro atoms. The largest absolute Gasteiger partial charge is 0.236 e. The summed E-state index contributed by atoms with van der Waals surface area (Å²) in [6.07, 6.45) is 14.6. The first-order valence-electron chi connectivity index (χ1n) is 9.16. The number of allylic oxidation sites excluding steroid dienone is 2. The number of hydrogen-bond donors (Lipinski definition) is 0. The van der Waals surface area contributed by atoms with E-state index in [2.05, 4.69) is 25.1 Å². The zero-order valence-electron chi connectivity index (χ0n) is 14.6. The van der Waals surface area contributed by atoms with Crippen molar-refractivity contribution in [2.24, 2.45) is 17.8 Å². The van der Waals surface area contributed by atoms with Crippen LogP contribution in [0.3, 0.4) is 0 Å². The van der Waals surface area contributed by atoms with Crippen LogP contribution in [0.1, 0.15) is 69.8 Å². The van der Waals surface area contributed by atoms with Crippen LogP contribution in [0, 0.1) is 35.5 Å². The normalized spacial score (nSPS) is 31.0. The van der Waals surface area contributed by atoms with Crippen molar-refractivity contribution in [2.45, 2.75) is 64.2 Å². The first-order chi connectivity index (χ1) is 11.1. The molecule has 0 saturated heterocycles. The molecule has 0 aliphatic heterocycles. The van der Waals surface area contributed by atoms with E-state index in [-0.39, 0.29) is 32.7 Å². The van der Waals surface area contributed by atoms with Crippen LogP contribution in [0.5, 0.6) is 0 Å². The molecule has 129 valence electrons. The number of rotatable bonds is 3. The van der Waals surface area contributed by atoms with Crippen molar-refractivity contribution < 1.29 is 41.5 Å². The maximum atomic E-state index is 13.3. The SMILES string of the molecule is CC1CCC(/C=C/C2CCC(c3cc(F)[c-]c(F)c3)CC2)CC1.[Y]. The van der Waals surface area contributed by atoms with Gasteiger partial charge in [-0.05, 0) is 62.2 Å². The van der Waals surface area contributed by atoms with Crippen LogP contribution < -0.4 is 0 Å². The molecule has 3 rings (SSSR count). The molecule has 2 fully saturated rings. The minimum absolute atomic E-state index is 0. The molecule has 3 heteroatoms. The molecular formula is C21H27F2Y-. The summed E-state index contributed by atoms with van der Waals surface area (Å²) in [5, 5.41) is 0. The zero-order valence-corrected chi connectivity index (χ0v) is 17.4. The van der Waals surface area contributed by atoms with Gasteiger partial charge in [-0.15, -0.1) is 23.8 Å². The van der Waals surface area contributed by atoms with Crippen molar-refractivity contribution in [3.8, 4) is 0 Å². The van der Waals surface area contributed by atoms with E-state index in [1.54, 1.807) is 0 Å². The molecule has 0 unspecified atom stereocenters. The Morgan fingerprint density at radius 2 is 1.29 bits per heavy atom. The summed E-state index contributed by atoms with van der Waals surface area (Å²) >= 11 is 0. The number of halogens is 2. The van der Waals surface area contributed by atoms with E-state index in [4.69, 9.17) is 0 Å². The molecule has 2 saturated carbocycles. The van der Waals surface area contributed by atoms with Gasteiger partial charge in [0.05, 0.1) is 0 Å². The summed E-state index contributed by atoms with van der Waals surface area (Å²) in [5.41, 5.74) is 0.808. The number of benzene rings is 1. The van der Waals surface area contributed by atoms with Crippen molar-refractivity contribution >= 4 is 0 Å². The van der Waals surface area contributed by atoms with Crippen molar-refractivity contribution in [3.63, 3.8) is 0 Å². The second-order valence-corrected chi connectivity index (χ2v) is 7.63. The van der Waals surface area contributed by atoms with Crippen LogP contribution in [0.25, 0.3) is 0 Å². The third-order valence-electron chi connectivity index (χ3n) is 5.78. The number of hydrogen-bond acceptors (Lipinski definition) is 0. The fraction of sp³-hybridized carbons (Fsp3) is 0.619. The molecule has 1 radical (unpaired) electrons. The second-order valence-electron chi connectivity index (χ2n) is 7.63. The monoisotopic (exact) mass is 406 g/mol. The van der Waals surface area contributed by atoms with Gasteiger partial charge in [-0.25, -0.2) is 8.78 Å². The van der Waals surface area contributed by atoms with Gasteiger partial charge in [-0.1, -0.05) is 31.9 Å². The Labute approximate surface area is 170 Å². The molecular weight excluding hydrogens is 379 g/mol. The van der Waals surface area contributed by atoms with Gasteiger partial charge in [-0.3, -0.25) is 0 Å². The predicted octanol–water partition coefficient (Wildman–Crippen LogP) is 6.42. The van der Waals surface area contributed by atoms with Crippen LogP contribution in [-0.4, -0.2) is 0 Å². The van der Waals surface area contributed by atoms with Gasteiger partial charge in [0.1, 0.15) is 0 Å². The molecule has 1 aromatic carbocycles. The Morgan fingerprint density at radius 3 is 1.79 bits per heavy atom. The summed E-state index contributed by atoms with van der Waals surface area (Å²) in [6.45, 7) is 2.36. The molecule has 0 N–H and O–H groups in total. The minimum atomic E-state index is -0.575.